The SMILES string of the molecule is CC1(C)COC(C)(CCC2=C3CC[C@]4(C)C(O)CCC4C3CCC2=O)OC1. The highest BCUT2D eigenvalue weighted by Crippen LogP contribution is 2.58. The van der Waals surface area contributed by atoms with E-state index in [0.717, 1.165) is 50.5 Å². The maximum Gasteiger partial charge on any atom is 0.165 e. The van der Waals surface area contributed by atoms with E-state index in [2.05, 4.69) is 20.8 Å². The van der Waals surface area contributed by atoms with Gasteiger partial charge in [-0.25, -0.2) is 0 Å². The molecule has 0 aromatic heterocycles. The normalized spacial score (nSPS) is 40.6. The number of aliphatic hydroxyl groups is 1. The maximum atomic E-state index is 12.8. The molecule has 0 spiro atoms. The molecule has 0 bridgehead atoms. The van der Waals surface area contributed by atoms with Crippen LogP contribution < -0.4 is 0 Å². The number of carbonyl (C=O) groups excluding carboxylic acids is 1. The van der Waals surface area contributed by atoms with E-state index in [1.807, 2.05) is 6.92 Å². The van der Waals surface area contributed by atoms with Crippen molar-refractivity contribution in [3.8, 4) is 0 Å². The zero-order valence-electron chi connectivity index (χ0n) is 17.5. The van der Waals surface area contributed by atoms with Crippen LogP contribution in [0.1, 0.15) is 79.1 Å². The number of ether oxygens (including phenoxy) is 2. The van der Waals surface area contributed by atoms with Crippen LogP contribution in [-0.2, 0) is 14.3 Å². The number of fused-ring (bicyclic) bond motifs is 3. The number of hydrogen-bond acceptors (Lipinski definition) is 4. The Morgan fingerprint density at radius 1 is 1.04 bits per heavy atom. The van der Waals surface area contributed by atoms with Crippen LogP contribution in [0.15, 0.2) is 11.1 Å². The first-order valence-electron chi connectivity index (χ1n) is 10.8. The first-order valence-corrected chi connectivity index (χ1v) is 10.8. The van der Waals surface area contributed by atoms with Crippen LogP contribution in [0.2, 0.25) is 0 Å². The fourth-order valence-electron chi connectivity index (χ4n) is 6.03. The predicted octanol–water partition coefficient (Wildman–Crippen LogP) is 4.40. The van der Waals surface area contributed by atoms with Crippen LogP contribution >= 0.6 is 0 Å². The number of rotatable bonds is 3. The van der Waals surface area contributed by atoms with Crippen molar-refractivity contribution in [2.75, 3.05) is 13.2 Å². The zero-order chi connectivity index (χ0) is 19.4. The molecule has 4 aliphatic rings. The molecular formula is C23H36O4. The Bertz CT molecular complexity index is 639. The second kappa shape index (κ2) is 6.67. The van der Waals surface area contributed by atoms with Gasteiger partial charge in [-0.15, -0.1) is 0 Å². The number of carbonyl (C=O) groups is 1. The third-order valence-corrected chi connectivity index (χ3v) is 8.00. The number of Topliss-reactive ketones (excluding diaryl/α,β-unsaturated/α-hetero) is 1. The molecule has 0 amide bonds. The monoisotopic (exact) mass is 376 g/mol. The van der Waals surface area contributed by atoms with Gasteiger partial charge < -0.3 is 14.6 Å². The standard InChI is InChI=1S/C23H36O4/c1-21(2)13-26-23(4,27-14-21)12-10-17-15-9-11-22(3)18(6-8-20(22)25)16(15)5-7-19(17)24/h16,18,20,25H,5-14H2,1-4H3/t16?,18?,20?,22-/m0/s1. The van der Waals surface area contributed by atoms with Crippen molar-refractivity contribution >= 4 is 5.78 Å². The lowest BCUT2D eigenvalue weighted by Gasteiger charge is -2.47. The van der Waals surface area contributed by atoms with Crippen LogP contribution in [0.3, 0.4) is 0 Å². The lowest BCUT2D eigenvalue weighted by atomic mass is 9.58. The molecule has 3 aliphatic carbocycles. The van der Waals surface area contributed by atoms with E-state index in [1.165, 1.54) is 5.57 Å². The smallest absolute Gasteiger partial charge is 0.165 e. The molecule has 1 saturated heterocycles. The molecule has 4 rings (SSSR count). The summed E-state index contributed by atoms with van der Waals surface area (Å²) in [5, 5.41) is 10.5. The van der Waals surface area contributed by atoms with Crippen LogP contribution in [-0.4, -0.2) is 36.0 Å². The summed E-state index contributed by atoms with van der Waals surface area (Å²) < 4.78 is 12.1. The number of aliphatic hydroxyl groups excluding tert-OH is 1. The van der Waals surface area contributed by atoms with Crippen LogP contribution in [0.25, 0.3) is 0 Å². The van der Waals surface area contributed by atoms with Gasteiger partial charge in [-0.2, -0.15) is 0 Å². The molecule has 4 heteroatoms. The van der Waals surface area contributed by atoms with Crippen molar-refractivity contribution in [1.29, 1.82) is 0 Å². The molecule has 0 aromatic carbocycles. The first-order chi connectivity index (χ1) is 12.6. The molecule has 0 radical (unpaired) electrons. The maximum absolute atomic E-state index is 12.8. The Labute approximate surface area is 163 Å². The van der Waals surface area contributed by atoms with E-state index in [4.69, 9.17) is 9.47 Å². The second-order valence-electron chi connectivity index (χ2n) is 10.7. The van der Waals surface area contributed by atoms with E-state index >= 15 is 0 Å². The number of hydrogen-bond donors (Lipinski definition) is 1. The summed E-state index contributed by atoms with van der Waals surface area (Å²) in [6.45, 7) is 10.00. The summed E-state index contributed by atoms with van der Waals surface area (Å²) in [5.41, 5.74) is 2.58. The van der Waals surface area contributed by atoms with Gasteiger partial charge >= 0.3 is 0 Å². The first kappa shape index (κ1) is 19.6. The Morgan fingerprint density at radius 2 is 1.74 bits per heavy atom. The molecule has 4 nitrogen and oxygen atoms in total. The Hall–Kier alpha value is -0.710. The van der Waals surface area contributed by atoms with Gasteiger partial charge in [0.2, 0.25) is 0 Å². The van der Waals surface area contributed by atoms with Gasteiger partial charge in [-0.3, -0.25) is 4.79 Å². The van der Waals surface area contributed by atoms with E-state index in [-0.39, 0.29) is 16.9 Å². The summed E-state index contributed by atoms with van der Waals surface area (Å²) in [6.07, 6.45) is 6.98. The average molecular weight is 377 g/mol. The third-order valence-electron chi connectivity index (χ3n) is 8.00. The Balaban J connectivity index is 1.51. The Morgan fingerprint density at radius 3 is 2.44 bits per heavy atom. The predicted molar refractivity (Wildman–Crippen MR) is 104 cm³/mol. The fraction of sp³-hybridized carbons (Fsp3) is 0.870. The van der Waals surface area contributed by atoms with Gasteiger partial charge in [0, 0.05) is 18.3 Å². The van der Waals surface area contributed by atoms with Crippen LogP contribution in [0, 0.1) is 22.7 Å². The molecule has 152 valence electrons. The van der Waals surface area contributed by atoms with Gasteiger partial charge in [0.25, 0.3) is 0 Å². The lowest BCUT2D eigenvalue weighted by molar-refractivity contribution is -0.291. The molecule has 3 fully saturated rings. The highest BCUT2D eigenvalue weighted by Gasteiger charge is 2.53. The van der Waals surface area contributed by atoms with Crippen molar-refractivity contribution < 1.29 is 19.4 Å². The highest BCUT2D eigenvalue weighted by atomic mass is 16.7. The van der Waals surface area contributed by atoms with Gasteiger partial charge in [0.15, 0.2) is 11.6 Å². The van der Waals surface area contributed by atoms with Gasteiger partial charge in [0.1, 0.15) is 0 Å². The molecule has 4 atom stereocenters. The molecule has 1 heterocycles. The molecule has 27 heavy (non-hydrogen) atoms. The largest absolute Gasteiger partial charge is 0.393 e. The van der Waals surface area contributed by atoms with Crippen LogP contribution in [0.4, 0.5) is 0 Å². The van der Waals surface area contributed by atoms with Crippen molar-refractivity contribution in [1.82, 2.24) is 0 Å². The molecule has 1 N–H and O–H groups in total. The number of ketones is 1. The van der Waals surface area contributed by atoms with E-state index < -0.39 is 5.79 Å². The van der Waals surface area contributed by atoms with Crippen molar-refractivity contribution in [3.63, 3.8) is 0 Å². The highest BCUT2D eigenvalue weighted by molar-refractivity contribution is 5.97. The van der Waals surface area contributed by atoms with Crippen molar-refractivity contribution in [3.05, 3.63) is 11.1 Å². The van der Waals surface area contributed by atoms with E-state index in [0.29, 0.717) is 37.3 Å². The third kappa shape index (κ3) is 3.42. The molecular weight excluding hydrogens is 340 g/mol. The quantitative estimate of drug-likeness (QED) is 0.793. The molecule has 2 saturated carbocycles. The molecule has 0 aromatic rings. The Kier molecular flexibility index (Phi) is 4.84. The van der Waals surface area contributed by atoms with Crippen molar-refractivity contribution in [2.24, 2.45) is 22.7 Å². The summed E-state index contributed by atoms with van der Waals surface area (Å²) >= 11 is 0. The van der Waals surface area contributed by atoms with Gasteiger partial charge in [-0.1, -0.05) is 26.3 Å². The van der Waals surface area contributed by atoms with E-state index in [9.17, 15) is 9.90 Å². The minimum atomic E-state index is -0.580. The fourth-order valence-corrected chi connectivity index (χ4v) is 6.03. The summed E-state index contributed by atoms with van der Waals surface area (Å²) in [6, 6.07) is 0. The molecule has 3 unspecified atom stereocenters. The lowest BCUT2D eigenvalue weighted by Crippen LogP contribution is -2.46. The van der Waals surface area contributed by atoms with Crippen LogP contribution in [0.5, 0.6) is 0 Å². The number of allylic oxidation sites excluding steroid dienone is 2. The topological polar surface area (TPSA) is 55.8 Å². The average Bonchev–Trinajstić information content (AvgIpc) is 2.93. The summed E-state index contributed by atoms with van der Waals surface area (Å²) in [4.78, 5) is 12.8. The van der Waals surface area contributed by atoms with Gasteiger partial charge in [0.05, 0.1) is 19.3 Å². The minimum Gasteiger partial charge on any atom is -0.393 e. The zero-order valence-corrected chi connectivity index (χ0v) is 17.5. The van der Waals surface area contributed by atoms with Gasteiger partial charge in [-0.05, 0) is 68.3 Å². The summed E-state index contributed by atoms with van der Waals surface area (Å²) in [7, 11) is 0. The minimum absolute atomic E-state index is 0.0484. The summed E-state index contributed by atoms with van der Waals surface area (Å²) in [5.74, 6) is 0.790. The van der Waals surface area contributed by atoms with Crippen molar-refractivity contribution in [2.45, 2.75) is 91.0 Å². The van der Waals surface area contributed by atoms with E-state index in [1.54, 1.807) is 0 Å². The second-order valence-corrected chi connectivity index (χ2v) is 10.7. The molecule has 1 aliphatic heterocycles.